The predicted octanol–water partition coefficient (Wildman–Crippen LogP) is 2.06. The van der Waals surface area contributed by atoms with Gasteiger partial charge >= 0.3 is 0 Å². The van der Waals surface area contributed by atoms with E-state index in [9.17, 15) is 9.90 Å². The van der Waals surface area contributed by atoms with E-state index in [-0.39, 0.29) is 18.4 Å². The number of nitrogens with zero attached hydrogens (tertiary/aromatic N) is 1. The topological polar surface area (TPSA) is 49.8 Å². The fourth-order valence-corrected chi connectivity index (χ4v) is 3.60. The molecule has 1 aromatic carbocycles. The average Bonchev–Trinajstić information content (AvgIpc) is 3.12. The van der Waals surface area contributed by atoms with E-state index in [2.05, 4.69) is 0 Å². The van der Waals surface area contributed by atoms with Gasteiger partial charge in [0.1, 0.15) is 5.75 Å². The van der Waals surface area contributed by atoms with Crippen LogP contribution in [0.3, 0.4) is 0 Å². The Morgan fingerprint density at radius 3 is 2.67 bits per heavy atom. The molecule has 0 aromatic heterocycles. The van der Waals surface area contributed by atoms with E-state index < -0.39 is 0 Å². The molecule has 0 radical (unpaired) electrons. The number of carbonyl (C=O) groups excluding carboxylic acids is 1. The molecular weight excluding hydrogens is 266 g/mol. The molecule has 2 fully saturated rings. The van der Waals surface area contributed by atoms with Gasteiger partial charge in [0.05, 0.1) is 13.7 Å². The third-order valence-electron chi connectivity index (χ3n) is 4.83. The van der Waals surface area contributed by atoms with Gasteiger partial charge in [0.25, 0.3) is 0 Å². The molecular formula is C17H23NO3. The minimum Gasteiger partial charge on any atom is -0.496 e. The van der Waals surface area contributed by atoms with Gasteiger partial charge in [-0.25, -0.2) is 0 Å². The number of methoxy groups -OCH3 is 1. The number of aliphatic hydroxyl groups is 1. The normalized spacial score (nSPS) is 26.3. The van der Waals surface area contributed by atoms with Crippen LogP contribution in [-0.4, -0.2) is 36.2 Å². The van der Waals surface area contributed by atoms with E-state index in [4.69, 9.17) is 4.74 Å². The van der Waals surface area contributed by atoms with Gasteiger partial charge in [0.2, 0.25) is 5.91 Å². The van der Waals surface area contributed by atoms with Crippen molar-refractivity contribution in [2.45, 2.75) is 25.8 Å². The Labute approximate surface area is 125 Å². The van der Waals surface area contributed by atoms with Crippen molar-refractivity contribution in [1.29, 1.82) is 0 Å². The van der Waals surface area contributed by atoms with Crippen LogP contribution in [0.4, 0.5) is 0 Å². The smallest absolute Gasteiger partial charge is 0.226 e. The van der Waals surface area contributed by atoms with Gasteiger partial charge in [-0.2, -0.15) is 0 Å². The molecule has 2 aliphatic rings. The summed E-state index contributed by atoms with van der Waals surface area (Å²) >= 11 is 0. The molecule has 1 aromatic rings. The first-order valence-electron chi connectivity index (χ1n) is 7.74. The number of benzene rings is 1. The monoisotopic (exact) mass is 289 g/mol. The van der Waals surface area contributed by atoms with Crippen LogP contribution in [-0.2, 0) is 11.3 Å². The molecule has 0 heterocycles. The Morgan fingerprint density at radius 1 is 1.29 bits per heavy atom. The van der Waals surface area contributed by atoms with E-state index in [1.54, 1.807) is 12.0 Å². The van der Waals surface area contributed by atoms with Crippen LogP contribution in [0.5, 0.6) is 5.75 Å². The third kappa shape index (κ3) is 3.05. The Kier molecular flexibility index (Phi) is 4.15. The molecule has 2 saturated carbocycles. The molecule has 4 heteroatoms. The molecule has 4 nitrogen and oxygen atoms in total. The zero-order chi connectivity index (χ0) is 14.8. The molecule has 0 saturated heterocycles. The average molecular weight is 289 g/mol. The maximum Gasteiger partial charge on any atom is 0.226 e. The lowest BCUT2D eigenvalue weighted by Gasteiger charge is -2.26. The first kappa shape index (κ1) is 14.4. The molecule has 1 N–H and O–H groups in total. The largest absolute Gasteiger partial charge is 0.496 e. The summed E-state index contributed by atoms with van der Waals surface area (Å²) in [7, 11) is 1.64. The first-order chi connectivity index (χ1) is 10.2. The number of rotatable bonds is 6. The van der Waals surface area contributed by atoms with Crippen molar-refractivity contribution in [2.24, 2.45) is 17.8 Å². The number of amides is 1. The molecule has 0 bridgehead atoms. The van der Waals surface area contributed by atoms with Gasteiger partial charge in [0, 0.05) is 24.6 Å². The Bertz CT molecular complexity index is 507. The van der Waals surface area contributed by atoms with Gasteiger partial charge in [-0.1, -0.05) is 18.2 Å². The number of para-hydroxylation sites is 1. The van der Waals surface area contributed by atoms with Gasteiger partial charge in [-0.15, -0.1) is 0 Å². The van der Waals surface area contributed by atoms with E-state index in [1.165, 1.54) is 6.42 Å². The van der Waals surface area contributed by atoms with Crippen molar-refractivity contribution < 1.29 is 14.6 Å². The Balaban J connectivity index is 1.70. The lowest BCUT2D eigenvalue weighted by molar-refractivity contribution is -0.136. The minimum atomic E-state index is 0.000462. The number of aliphatic hydroxyl groups excluding tert-OH is 1. The molecule has 2 atom stereocenters. The minimum absolute atomic E-state index is 0.000462. The van der Waals surface area contributed by atoms with Gasteiger partial charge in [-0.3, -0.25) is 4.79 Å². The summed E-state index contributed by atoms with van der Waals surface area (Å²) in [5, 5.41) is 9.27. The van der Waals surface area contributed by atoms with E-state index >= 15 is 0 Å². The molecule has 2 aliphatic carbocycles. The van der Waals surface area contributed by atoms with Crippen molar-refractivity contribution in [1.82, 2.24) is 4.90 Å². The van der Waals surface area contributed by atoms with Crippen LogP contribution in [0.1, 0.15) is 24.8 Å². The number of hydrogen-bond donors (Lipinski definition) is 1. The highest BCUT2D eigenvalue weighted by Crippen LogP contribution is 2.54. The van der Waals surface area contributed by atoms with Crippen molar-refractivity contribution in [3.63, 3.8) is 0 Å². The second kappa shape index (κ2) is 6.06. The summed E-state index contributed by atoms with van der Waals surface area (Å²) in [5.74, 6) is 2.74. The number of hydrogen-bond acceptors (Lipinski definition) is 3. The zero-order valence-electron chi connectivity index (χ0n) is 12.5. The molecule has 0 aliphatic heterocycles. The number of fused-ring (bicyclic) bond motifs is 1. The number of ether oxygens (including phenoxy) is 1. The molecule has 3 rings (SSSR count). The highest BCUT2D eigenvalue weighted by molar-refractivity contribution is 5.79. The SMILES string of the molecule is COc1ccccc1CN(CCO)C(=O)C1CC2CC2C1. The Morgan fingerprint density at radius 2 is 2.00 bits per heavy atom. The van der Waals surface area contributed by atoms with Gasteiger partial charge in [-0.05, 0) is 37.2 Å². The highest BCUT2D eigenvalue weighted by Gasteiger charge is 2.48. The summed E-state index contributed by atoms with van der Waals surface area (Å²) in [5.41, 5.74) is 0.991. The summed E-state index contributed by atoms with van der Waals surface area (Å²) in [6.45, 7) is 0.901. The summed E-state index contributed by atoms with van der Waals surface area (Å²) < 4.78 is 5.35. The maximum absolute atomic E-state index is 12.7. The lowest BCUT2D eigenvalue weighted by Crippen LogP contribution is -2.37. The second-order valence-electron chi connectivity index (χ2n) is 6.22. The fourth-order valence-electron chi connectivity index (χ4n) is 3.60. The van der Waals surface area contributed by atoms with Crippen molar-refractivity contribution in [3.05, 3.63) is 29.8 Å². The number of carbonyl (C=O) groups is 1. The zero-order valence-corrected chi connectivity index (χ0v) is 12.5. The van der Waals surface area contributed by atoms with Crippen LogP contribution in [0.25, 0.3) is 0 Å². The van der Waals surface area contributed by atoms with Crippen LogP contribution in [0.15, 0.2) is 24.3 Å². The Hall–Kier alpha value is -1.55. The van der Waals surface area contributed by atoms with Crippen molar-refractivity contribution >= 4 is 5.91 Å². The quantitative estimate of drug-likeness (QED) is 0.872. The molecule has 1 amide bonds. The second-order valence-corrected chi connectivity index (χ2v) is 6.22. The van der Waals surface area contributed by atoms with E-state index in [0.29, 0.717) is 13.1 Å². The fraction of sp³-hybridized carbons (Fsp3) is 0.588. The van der Waals surface area contributed by atoms with Gasteiger partial charge < -0.3 is 14.7 Å². The molecule has 114 valence electrons. The van der Waals surface area contributed by atoms with Crippen LogP contribution < -0.4 is 4.74 Å². The first-order valence-corrected chi connectivity index (χ1v) is 7.74. The van der Waals surface area contributed by atoms with Crippen LogP contribution in [0, 0.1) is 17.8 Å². The predicted molar refractivity (Wildman–Crippen MR) is 79.8 cm³/mol. The van der Waals surface area contributed by atoms with Crippen LogP contribution >= 0.6 is 0 Å². The third-order valence-corrected chi connectivity index (χ3v) is 4.83. The molecule has 2 unspecified atom stereocenters. The summed E-state index contributed by atoms with van der Waals surface area (Å²) in [4.78, 5) is 14.5. The summed E-state index contributed by atoms with van der Waals surface area (Å²) in [6, 6.07) is 7.75. The van der Waals surface area contributed by atoms with E-state index in [0.717, 1.165) is 36.0 Å². The molecule has 0 spiro atoms. The highest BCUT2D eigenvalue weighted by atomic mass is 16.5. The standard InChI is InChI=1S/C17H23NO3/c1-21-16-5-3-2-4-12(16)11-18(6-7-19)17(20)15-9-13-8-14(13)10-15/h2-5,13-15,19H,6-11H2,1H3. The van der Waals surface area contributed by atoms with Gasteiger partial charge in [0.15, 0.2) is 0 Å². The van der Waals surface area contributed by atoms with E-state index in [1.807, 2.05) is 24.3 Å². The van der Waals surface area contributed by atoms with Crippen LogP contribution in [0.2, 0.25) is 0 Å². The van der Waals surface area contributed by atoms with Crippen molar-refractivity contribution in [3.8, 4) is 5.75 Å². The maximum atomic E-state index is 12.7. The summed E-state index contributed by atoms with van der Waals surface area (Å²) in [6.07, 6.45) is 3.39. The lowest BCUT2D eigenvalue weighted by atomic mass is 10.0. The molecule has 21 heavy (non-hydrogen) atoms. The van der Waals surface area contributed by atoms with Crippen molar-refractivity contribution in [2.75, 3.05) is 20.3 Å².